The topological polar surface area (TPSA) is 61.4 Å². The van der Waals surface area contributed by atoms with Gasteiger partial charge in [-0.1, -0.05) is 30.3 Å². The van der Waals surface area contributed by atoms with Crippen molar-refractivity contribution in [1.82, 2.24) is 15.5 Å². The number of carbonyl (C=O) groups excluding carboxylic acids is 2. The zero-order valence-electron chi connectivity index (χ0n) is 16.2. The van der Waals surface area contributed by atoms with Gasteiger partial charge >= 0.3 is 0 Å². The minimum atomic E-state index is -0.901. The normalized spacial score (nSPS) is 16.6. The molecule has 0 spiro atoms. The lowest BCUT2D eigenvalue weighted by Gasteiger charge is -2.17. The van der Waals surface area contributed by atoms with Crippen molar-refractivity contribution in [3.8, 4) is 0 Å². The van der Waals surface area contributed by atoms with Crippen LogP contribution in [0.4, 0.5) is 8.78 Å². The molecule has 0 aliphatic carbocycles. The van der Waals surface area contributed by atoms with Crippen molar-refractivity contribution in [3.05, 3.63) is 71.3 Å². The number of nitrogens with zero attached hydrogens (tertiary/aromatic N) is 1. The third-order valence-corrected chi connectivity index (χ3v) is 4.93. The number of hydrogen-bond donors (Lipinski definition) is 2. The number of likely N-dealkylation sites (tertiary alicyclic amines) is 1. The molecule has 2 aromatic rings. The van der Waals surface area contributed by atoms with Crippen molar-refractivity contribution in [2.75, 3.05) is 19.6 Å². The van der Waals surface area contributed by atoms with Gasteiger partial charge in [0, 0.05) is 44.7 Å². The number of carbonyl (C=O) groups is 2. The van der Waals surface area contributed by atoms with E-state index in [9.17, 15) is 18.4 Å². The molecular weight excluding hydrogens is 376 g/mol. The monoisotopic (exact) mass is 401 g/mol. The van der Waals surface area contributed by atoms with Crippen molar-refractivity contribution >= 4 is 11.8 Å². The van der Waals surface area contributed by atoms with E-state index in [1.54, 1.807) is 0 Å². The predicted molar refractivity (Wildman–Crippen MR) is 106 cm³/mol. The second kappa shape index (κ2) is 10.1. The Hall–Kier alpha value is -2.80. The van der Waals surface area contributed by atoms with Gasteiger partial charge in [-0.15, -0.1) is 0 Å². The molecule has 1 unspecified atom stereocenters. The Bertz CT molecular complexity index is 845. The Morgan fingerprint density at radius 2 is 1.90 bits per heavy atom. The molecule has 1 aliphatic rings. The first-order valence-corrected chi connectivity index (χ1v) is 9.80. The van der Waals surface area contributed by atoms with E-state index in [4.69, 9.17) is 0 Å². The molecule has 0 bridgehead atoms. The fourth-order valence-electron chi connectivity index (χ4n) is 3.46. The van der Waals surface area contributed by atoms with Crippen LogP contribution in [0.1, 0.15) is 35.2 Å². The van der Waals surface area contributed by atoms with E-state index < -0.39 is 17.5 Å². The first-order valence-electron chi connectivity index (χ1n) is 9.80. The second-order valence-corrected chi connectivity index (χ2v) is 7.26. The van der Waals surface area contributed by atoms with Crippen molar-refractivity contribution in [2.45, 2.75) is 31.8 Å². The molecule has 0 aromatic heterocycles. The van der Waals surface area contributed by atoms with Crippen LogP contribution in [0, 0.1) is 11.6 Å². The molecule has 2 N–H and O–H groups in total. The van der Waals surface area contributed by atoms with Crippen LogP contribution in [0.15, 0.2) is 48.5 Å². The lowest BCUT2D eigenvalue weighted by molar-refractivity contribution is -0.121. The first kappa shape index (κ1) is 20.9. The number of rotatable bonds is 8. The van der Waals surface area contributed by atoms with Gasteiger partial charge < -0.3 is 10.6 Å². The zero-order chi connectivity index (χ0) is 20.6. The predicted octanol–water partition coefficient (Wildman–Crippen LogP) is 2.87. The standard InChI is InChI=1S/C22H25F2N3O2/c23-17-8-9-19(20(24)13-17)22(29)25-11-4-7-21(28)26-18-10-12-27(15-18)14-16-5-2-1-3-6-16/h1-3,5-6,8-9,13,18H,4,7,10-12,14-15H2,(H,25,29)(H,26,28). The summed E-state index contributed by atoms with van der Waals surface area (Å²) in [6.07, 6.45) is 1.64. The highest BCUT2D eigenvalue weighted by Gasteiger charge is 2.23. The number of halogens is 2. The van der Waals surface area contributed by atoms with Gasteiger partial charge in [0.2, 0.25) is 5.91 Å². The average molecular weight is 401 g/mol. The van der Waals surface area contributed by atoms with E-state index in [0.29, 0.717) is 12.5 Å². The highest BCUT2D eigenvalue weighted by molar-refractivity contribution is 5.94. The van der Waals surface area contributed by atoms with Gasteiger partial charge in [-0.3, -0.25) is 14.5 Å². The maximum absolute atomic E-state index is 13.6. The number of hydrogen-bond acceptors (Lipinski definition) is 3. The number of benzene rings is 2. The lowest BCUT2D eigenvalue weighted by atomic mass is 10.2. The molecule has 3 rings (SSSR count). The quantitative estimate of drug-likeness (QED) is 0.669. The Kier molecular flexibility index (Phi) is 7.30. The second-order valence-electron chi connectivity index (χ2n) is 7.26. The summed E-state index contributed by atoms with van der Waals surface area (Å²) in [6, 6.07) is 13.2. The van der Waals surface area contributed by atoms with Crippen molar-refractivity contribution in [1.29, 1.82) is 0 Å². The molecule has 154 valence electrons. The minimum Gasteiger partial charge on any atom is -0.352 e. The number of nitrogens with one attached hydrogen (secondary N) is 2. The minimum absolute atomic E-state index is 0.0567. The number of amides is 2. The Morgan fingerprint density at radius 3 is 2.66 bits per heavy atom. The van der Waals surface area contributed by atoms with E-state index in [1.807, 2.05) is 18.2 Å². The van der Waals surface area contributed by atoms with Crippen LogP contribution < -0.4 is 10.6 Å². The summed E-state index contributed by atoms with van der Waals surface area (Å²) in [5.41, 5.74) is 1.05. The highest BCUT2D eigenvalue weighted by Crippen LogP contribution is 2.14. The summed E-state index contributed by atoms with van der Waals surface area (Å²) < 4.78 is 26.5. The van der Waals surface area contributed by atoms with Gasteiger partial charge in [-0.05, 0) is 30.5 Å². The van der Waals surface area contributed by atoms with Crippen LogP contribution in [0.5, 0.6) is 0 Å². The first-order chi connectivity index (χ1) is 14.0. The van der Waals surface area contributed by atoms with Crippen LogP contribution in [-0.4, -0.2) is 42.4 Å². The molecular formula is C22H25F2N3O2. The third kappa shape index (κ3) is 6.35. The largest absolute Gasteiger partial charge is 0.352 e. The van der Waals surface area contributed by atoms with E-state index in [1.165, 1.54) is 5.56 Å². The molecule has 7 heteroatoms. The van der Waals surface area contributed by atoms with Gasteiger partial charge in [0.05, 0.1) is 5.56 Å². The maximum Gasteiger partial charge on any atom is 0.254 e. The molecule has 1 aliphatic heterocycles. The summed E-state index contributed by atoms with van der Waals surface area (Å²) in [5.74, 6) is -2.31. The van der Waals surface area contributed by atoms with Crippen LogP contribution >= 0.6 is 0 Å². The molecule has 1 saturated heterocycles. The van der Waals surface area contributed by atoms with Crippen molar-refractivity contribution in [2.24, 2.45) is 0 Å². The average Bonchev–Trinajstić information content (AvgIpc) is 3.12. The van der Waals surface area contributed by atoms with Crippen LogP contribution in [0.3, 0.4) is 0 Å². The van der Waals surface area contributed by atoms with Crippen molar-refractivity contribution < 1.29 is 18.4 Å². The molecule has 1 fully saturated rings. The molecule has 2 aromatic carbocycles. The molecule has 1 atom stereocenters. The molecule has 0 saturated carbocycles. The summed E-state index contributed by atoms with van der Waals surface area (Å²) in [4.78, 5) is 26.4. The molecule has 2 amide bonds. The van der Waals surface area contributed by atoms with Gasteiger partial charge in [0.15, 0.2) is 0 Å². The molecule has 1 heterocycles. The van der Waals surface area contributed by atoms with Crippen LogP contribution in [0.25, 0.3) is 0 Å². The zero-order valence-corrected chi connectivity index (χ0v) is 16.2. The third-order valence-electron chi connectivity index (χ3n) is 4.93. The van der Waals surface area contributed by atoms with Gasteiger partial charge in [-0.25, -0.2) is 8.78 Å². The van der Waals surface area contributed by atoms with Gasteiger partial charge in [0.25, 0.3) is 5.91 Å². The Balaban J connectivity index is 1.32. The Morgan fingerprint density at radius 1 is 1.10 bits per heavy atom. The van der Waals surface area contributed by atoms with E-state index in [-0.39, 0.29) is 30.5 Å². The lowest BCUT2D eigenvalue weighted by Crippen LogP contribution is -2.37. The van der Waals surface area contributed by atoms with Gasteiger partial charge in [0.1, 0.15) is 11.6 Å². The summed E-state index contributed by atoms with van der Waals surface area (Å²) >= 11 is 0. The summed E-state index contributed by atoms with van der Waals surface area (Å²) in [5, 5.41) is 5.59. The summed E-state index contributed by atoms with van der Waals surface area (Å²) in [6.45, 7) is 2.88. The Labute approximate surface area is 169 Å². The van der Waals surface area contributed by atoms with E-state index in [0.717, 1.165) is 38.2 Å². The smallest absolute Gasteiger partial charge is 0.254 e. The van der Waals surface area contributed by atoms with Gasteiger partial charge in [-0.2, -0.15) is 0 Å². The molecule has 0 radical (unpaired) electrons. The summed E-state index contributed by atoms with van der Waals surface area (Å²) in [7, 11) is 0. The van der Waals surface area contributed by atoms with E-state index in [2.05, 4.69) is 27.7 Å². The van der Waals surface area contributed by atoms with Crippen LogP contribution in [-0.2, 0) is 11.3 Å². The molecule has 5 nitrogen and oxygen atoms in total. The highest BCUT2D eigenvalue weighted by atomic mass is 19.1. The fourth-order valence-corrected chi connectivity index (χ4v) is 3.46. The molecule has 29 heavy (non-hydrogen) atoms. The van der Waals surface area contributed by atoms with E-state index >= 15 is 0 Å². The fraction of sp³-hybridized carbons (Fsp3) is 0.364. The van der Waals surface area contributed by atoms with Crippen molar-refractivity contribution in [3.63, 3.8) is 0 Å². The SMILES string of the molecule is O=C(CCCNC(=O)c1ccc(F)cc1F)NC1CCN(Cc2ccccc2)C1. The van der Waals surface area contributed by atoms with Crippen LogP contribution in [0.2, 0.25) is 0 Å². The maximum atomic E-state index is 13.6.